The smallest absolute Gasteiger partial charge is 0.334 e. The Balaban J connectivity index is 2.79. The summed E-state index contributed by atoms with van der Waals surface area (Å²) in [5.74, 6) is -0.145. The Hall–Kier alpha value is -1.27. The van der Waals surface area contributed by atoms with Gasteiger partial charge >= 0.3 is 5.97 Å². The number of carbonyl (C=O) groups is 2. The van der Waals surface area contributed by atoms with E-state index in [4.69, 9.17) is 4.74 Å². The SMILES string of the molecule is COC(=O)C1=CSC(C(O)CC(NC(C)=O)C(C)C)=CCC1C. The van der Waals surface area contributed by atoms with Crippen molar-refractivity contribution in [1.82, 2.24) is 5.32 Å². The maximum absolute atomic E-state index is 11.8. The molecule has 0 radical (unpaired) electrons. The number of allylic oxidation sites excluding steroid dienone is 1. The van der Waals surface area contributed by atoms with Crippen LogP contribution in [0.4, 0.5) is 0 Å². The van der Waals surface area contributed by atoms with Crippen molar-refractivity contribution in [2.24, 2.45) is 11.8 Å². The van der Waals surface area contributed by atoms with Gasteiger partial charge in [-0.2, -0.15) is 0 Å². The van der Waals surface area contributed by atoms with Crippen LogP contribution in [0.1, 0.15) is 40.5 Å². The summed E-state index contributed by atoms with van der Waals surface area (Å²) in [5.41, 5.74) is 0.623. The van der Waals surface area contributed by atoms with Crippen molar-refractivity contribution < 1.29 is 19.4 Å². The first-order valence-electron chi connectivity index (χ1n) is 7.86. The van der Waals surface area contributed by atoms with E-state index in [0.29, 0.717) is 18.4 Å². The second kappa shape index (κ2) is 9.13. The van der Waals surface area contributed by atoms with Crippen molar-refractivity contribution in [3.05, 3.63) is 22.0 Å². The maximum atomic E-state index is 11.8. The molecule has 0 aliphatic carbocycles. The van der Waals surface area contributed by atoms with Crippen LogP contribution in [0.15, 0.2) is 22.0 Å². The van der Waals surface area contributed by atoms with Gasteiger partial charge in [-0.1, -0.05) is 38.6 Å². The highest BCUT2D eigenvalue weighted by atomic mass is 32.2. The van der Waals surface area contributed by atoms with Crippen LogP contribution in [0.2, 0.25) is 0 Å². The summed E-state index contributed by atoms with van der Waals surface area (Å²) in [6.45, 7) is 7.47. The lowest BCUT2D eigenvalue weighted by molar-refractivity contribution is -0.136. The third-order valence-electron chi connectivity index (χ3n) is 3.95. The second-order valence-electron chi connectivity index (χ2n) is 6.23. The van der Waals surface area contributed by atoms with Crippen LogP contribution in [0.3, 0.4) is 0 Å². The van der Waals surface area contributed by atoms with Gasteiger partial charge in [-0.05, 0) is 30.1 Å². The predicted molar refractivity (Wildman–Crippen MR) is 92.6 cm³/mol. The van der Waals surface area contributed by atoms with Gasteiger partial charge in [0.15, 0.2) is 0 Å². The molecule has 23 heavy (non-hydrogen) atoms. The van der Waals surface area contributed by atoms with Crippen LogP contribution in [0, 0.1) is 11.8 Å². The number of amides is 1. The average molecular weight is 341 g/mol. The standard InChI is InChI=1S/C17H27NO4S/c1-10(2)14(18-12(4)19)8-15(20)16-7-6-11(3)13(9-23-16)17(21)22-5/h7,9-11,14-15,20H,6,8H2,1-5H3,(H,18,19). The molecule has 0 saturated heterocycles. The monoisotopic (exact) mass is 341 g/mol. The molecule has 0 aromatic heterocycles. The Morgan fingerprint density at radius 3 is 2.65 bits per heavy atom. The first-order chi connectivity index (χ1) is 10.8. The van der Waals surface area contributed by atoms with Gasteiger partial charge in [-0.15, -0.1) is 0 Å². The highest BCUT2D eigenvalue weighted by molar-refractivity contribution is 8.05. The highest BCUT2D eigenvalue weighted by Crippen LogP contribution is 2.33. The van der Waals surface area contributed by atoms with Crippen LogP contribution in [-0.2, 0) is 14.3 Å². The van der Waals surface area contributed by atoms with E-state index in [0.717, 1.165) is 4.91 Å². The summed E-state index contributed by atoms with van der Waals surface area (Å²) in [6.07, 6.45) is 2.43. The summed E-state index contributed by atoms with van der Waals surface area (Å²) >= 11 is 1.36. The summed E-state index contributed by atoms with van der Waals surface area (Å²) in [4.78, 5) is 23.9. The Kier molecular flexibility index (Phi) is 7.85. The largest absolute Gasteiger partial charge is 0.466 e. The summed E-state index contributed by atoms with van der Waals surface area (Å²) in [5, 5.41) is 15.2. The number of methoxy groups -OCH3 is 1. The van der Waals surface area contributed by atoms with Gasteiger partial charge in [-0.3, -0.25) is 4.79 Å². The Morgan fingerprint density at radius 1 is 1.48 bits per heavy atom. The molecule has 1 amide bonds. The quantitative estimate of drug-likeness (QED) is 0.726. The van der Waals surface area contributed by atoms with E-state index in [9.17, 15) is 14.7 Å². The molecule has 2 N–H and O–H groups in total. The van der Waals surface area contributed by atoms with Crippen LogP contribution in [-0.4, -0.2) is 36.2 Å². The van der Waals surface area contributed by atoms with Crippen molar-refractivity contribution in [2.75, 3.05) is 7.11 Å². The fraction of sp³-hybridized carbons (Fsp3) is 0.647. The van der Waals surface area contributed by atoms with E-state index in [1.807, 2.05) is 26.8 Å². The topological polar surface area (TPSA) is 75.6 Å². The van der Waals surface area contributed by atoms with Gasteiger partial charge in [0.2, 0.25) is 5.91 Å². The second-order valence-corrected chi connectivity index (χ2v) is 7.17. The van der Waals surface area contributed by atoms with E-state index < -0.39 is 6.10 Å². The summed E-state index contributed by atoms with van der Waals surface area (Å²) in [6, 6.07) is -0.0891. The molecule has 1 aliphatic heterocycles. The summed E-state index contributed by atoms with van der Waals surface area (Å²) < 4.78 is 4.80. The molecule has 5 nitrogen and oxygen atoms in total. The Labute approximate surface area is 142 Å². The highest BCUT2D eigenvalue weighted by Gasteiger charge is 2.25. The molecule has 0 fully saturated rings. The number of rotatable bonds is 6. The molecule has 1 aliphatic rings. The fourth-order valence-electron chi connectivity index (χ4n) is 2.41. The molecule has 130 valence electrons. The predicted octanol–water partition coefficient (Wildman–Crippen LogP) is 2.61. The van der Waals surface area contributed by atoms with Crippen molar-refractivity contribution in [3.8, 4) is 0 Å². The van der Waals surface area contributed by atoms with Gasteiger partial charge in [0.25, 0.3) is 0 Å². The lowest BCUT2D eigenvalue weighted by atomic mass is 9.96. The van der Waals surface area contributed by atoms with E-state index in [1.165, 1.54) is 25.8 Å². The zero-order valence-electron chi connectivity index (χ0n) is 14.5. The number of ether oxygens (including phenoxy) is 1. The van der Waals surface area contributed by atoms with E-state index in [1.54, 1.807) is 5.41 Å². The molecule has 1 rings (SSSR count). The molecule has 3 atom stereocenters. The molecule has 0 aromatic carbocycles. The lowest BCUT2D eigenvalue weighted by Crippen LogP contribution is -2.39. The van der Waals surface area contributed by atoms with Gasteiger partial charge in [0.1, 0.15) is 0 Å². The third kappa shape index (κ3) is 6.03. The van der Waals surface area contributed by atoms with Gasteiger partial charge in [-0.25, -0.2) is 4.79 Å². The minimum Gasteiger partial charge on any atom is -0.466 e. The number of aliphatic hydroxyl groups is 1. The van der Waals surface area contributed by atoms with E-state index >= 15 is 0 Å². The number of hydrogen-bond donors (Lipinski definition) is 2. The molecular weight excluding hydrogens is 314 g/mol. The Bertz CT molecular complexity index is 499. The fourth-order valence-corrected chi connectivity index (χ4v) is 3.45. The molecule has 0 saturated carbocycles. The van der Waals surface area contributed by atoms with Crippen molar-refractivity contribution in [1.29, 1.82) is 0 Å². The molecular formula is C17H27NO4S. The maximum Gasteiger partial charge on any atom is 0.334 e. The van der Waals surface area contributed by atoms with E-state index in [-0.39, 0.29) is 29.8 Å². The van der Waals surface area contributed by atoms with Gasteiger partial charge < -0.3 is 15.2 Å². The minimum atomic E-state index is -0.667. The molecule has 0 aromatic rings. The van der Waals surface area contributed by atoms with Crippen molar-refractivity contribution in [2.45, 2.75) is 52.7 Å². The number of hydrogen-bond acceptors (Lipinski definition) is 5. The molecule has 0 spiro atoms. The molecule has 6 heteroatoms. The van der Waals surface area contributed by atoms with E-state index in [2.05, 4.69) is 5.32 Å². The zero-order valence-corrected chi connectivity index (χ0v) is 15.3. The molecule has 1 heterocycles. The number of carbonyl (C=O) groups excluding carboxylic acids is 2. The first-order valence-corrected chi connectivity index (χ1v) is 8.74. The number of thioether (sulfide) groups is 1. The normalized spacial score (nSPS) is 20.9. The van der Waals surface area contributed by atoms with Crippen LogP contribution in [0.5, 0.6) is 0 Å². The zero-order chi connectivity index (χ0) is 17.6. The molecule has 0 bridgehead atoms. The number of nitrogens with one attached hydrogen (secondary N) is 1. The van der Waals surface area contributed by atoms with Crippen molar-refractivity contribution in [3.63, 3.8) is 0 Å². The Morgan fingerprint density at radius 2 is 2.13 bits per heavy atom. The molecule has 3 unspecified atom stereocenters. The minimum absolute atomic E-state index is 0.0518. The number of aliphatic hydroxyl groups excluding tert-OH is 1. The van der Waals surface area contributed by atoms with Crippen molar-refractivity contribution >= 4 is 23.6 Å². The third-order valence-corrected chi connectivity index (χ3v) is 5.03. The average Bonchev–Trinajstić information content (AvgIpc) is 2.67. The van der Waals surface area contributed by atoms with Gasteiger partial charge in [0.05, 0.1) is 13.2 Å². The van der Waals surface area contributed by atoms with Gasteiger partial charge in [0, 0.05) is 23.4 Å². The van der Waals surface area contributed by atoms with Crippen LogP contribution >= 0.6 is 11.8 Å². The first kappa shape index (κ1) is 19.8. The van der Waals surface area contributed by atoms with Crippen LogP contribution in [0.25, 0.3) is 0 Å². The lowest BCUT2D eigenvalue weighted by Gasteiger charge is -2.25. The van der Waals surface area contributed by atoms with Crippen LogP contribution < -0.4 is 5.32 Å². The number of esters is 1. The summed E-state index contributed by atoms with van der Waals surface area (Å²) in [7, 11) is 1.37.